The van der Waals surface area contributed by atoms with Gasteiger partial charge in [0.25, 0.3) is 0 Å². The minimum absolute atomic E-state index is 0.0256. The highest BCUT2D eigenvalue weighted by atomic mass is 32.2. The topological polar surface area (TPSA) is 61.8 Å². The summed E-state index contributed by atoms with van der Waals surface area (Å²) in [6, 6.07) is 15.3. The monoisotopic (exact) mass is 730 g/mol. The molecule has 0 heterocycles. The highest BCUT2D eigenvalue weighted by Crippen LogP contribution is 2.44. The predicted octanol–water partition coefficient (Wildman–Crippen LogP) is 10.5. The molecule has 1 fully saturated rings. The molecule has 0 saturated heterocycles. The number of carbonyl (C=O) groups excluding carboxylic acids is 2. The molecule has 0 aromatic heterocycles. The summed E-state index contributed by atoms with van der Waals surface area (Å²) < 4.78 is 19.0. The highest BCUT2D eigenvalue weighted by Gasteiger charge is 2.48. The van der Waals surface area contributed by atoms with Gasteiger partial charge in [-0.05, 0) is 90.3 Å². The molecule has 1 saturated carbocycles. The number of thioether (sulfide) groups is 2. The summed E-state index contributed by atoms with van der Waals surface area (Å²) in [4.78, 5) is 25.2. The molecule has 1 aliphatic rings. The second-order valence-corrected chi connectivity index (χ2v) is 28.5. The fourth-order valence-electron chi connectivity index (χ4n) is 5.56. The van der Waals surface area contributed by atoms with Gasteiger partial charge < -0.3 is 13.6 Å². The van der Waals surface area contributed by atoms with Crippen molar-refractivity contribution in [3.8, 4) is 0 Å². The number of fused-ring (bicyclic) bond motifs is 1. The molecule has 0 N–H and O–H groups in total. The first kappa shape index (κ1) is 41.1. The van der Waals surface area contributed by atoms with Gasteiger partial charge in [-0.25, -0.2) is 0 Å². The summed E-state index contributed by atoms with van der Waals surface area (Å²) >= 11 is 3.34. The van der Waals surface area contributed by atoms with Gasteiger partial charge in [0.05, 0.1) is 29.8 Å². The maximum atomic E-state index is 13.7. The van der Waals surface area contributed by atoms with Gasteiger partial charge in [0.2, 0.25) is 0 Å². The minimum atomic E-state index is -2.14. The van der Waals surface area contributed by atoms with E-state index in [9.17, 15) is 9.59 Å². The van der Waals surface area contributed by atoms with Crippen molar-refractivity contribution >= 4 is 62.7 Å². The molecule has 9 heteroatoms. The Balaban J connectivity index is 1.90. The number of Topliss-reactive ketones (excluding diaryl/α,β-unsaturated/α-hetero) is 1. The number of ether oxygens (including phenoxy) is 1. The van der Waals surface area contributed by atoms with Crippen molar-refractivity contribution in [1.82, 2.24) is 0 Å². The van der Waals surface area contributed by atoms with Gasteiger partial charge >= 0.3 is 5.97 Å². The van der Waals surface area contributed by atoms with E-state index in [1.807, 2.05) is 0 Å². The second-order valence-electron chi connectivity index (χ2n) is 16.7. The Labute approximate surface area is 302 Å². The normalized spacial score (nSPS) is 20.8. The van der Waals surface area contributed by atoms with Crippen molar-refractivity contribution < 1.29 is 23.2 Å². The first-order valence-corrected chi connectivity index (χ1v) is 25.5. The zero-order chi connectivity index (χ0) is 36.0. The molecule has 2 aromatic carbocycles. The maximum Gasteiger partial charge on any atom is 0.315 e. The highest BCUT2D eigenvalue weighted by molar-refractivity contribution is 8.01. The number of aryl methyl sites for hydroxylation is 1. The summed E-state index contributed by atoms with van der Waals surface area (Å²) in [5.74, 6) is 2.15. The standard InChI is InChI=1S/C39H62O5S2Si2/c1-37(2,3)47(9,10)43-34-27-33(40)36(46-25-15-24-45-28-35(41)42-8)32(34)21-23-39(7,44-48(11,12)38(4,5)6)22-20-29-18-19-30-16-13-14-17-31(30)26-29/h13-14,16-19,21,23,26,32,34,36H,15,20,22,24-25,27-28H2,1-12H3/t32-,34+,36+,39?/m0/s1. The molecule has 48 heavy (non-hydrogen) atoms. The Morgan fingerprint density at radius 2 is 1.56 bits per heavy atom. The Hall–Kier alpha value is -1.37. The van der Waals surface area contributed by atoms with Crippen LogP contribution in [0.2, 0.25) is 36.3 Å². The number of benzene rings is 2. The SMILES string of the molecule is COC(=O)CSCCCS[C@H]1C(=O)C[C@@H](O[Si](C)(C)C(C)(C)C)[C@@H]1C=CC(C)(CCc1ccc2ccccc2c1)O[Si](C)(C)C(C)(C)C. The smallest absolute Gasteiger partial charge is 0.315 e. The van der Waals surface area contributed by atoms with E-state index in [1.54, 1.807) is 23.5 Å². The second kappa shape index (κ2) is 16.8. The molecule has 1 aliphatic carbocycles. The van der Waals surface area contributed by atoms with Crippen LogP contribution >= 0.6 is 23.5 Å². The predicted molar refractivity (Wildman–Crippen MR) is 213 cm³/mol. The van der Waals surface area contributed by atoms with E-state index in [0.29, 0.717) is 12.2 Å². The lowest BCUT2D eigenvalue weighted by atomic mass is 9.93. The molecule has 0 amide bonds. The molecule has 0 spiro atoms. The Morgan fingerprint density at radius 1 is 0.917 bits per heavy atom. The molecular weight excluding hydrogens is 669 g/mol. The first-order valence-electron chi connectivity index (χ1n) is 17.5. The van der Waals surface area contributed by atoms with Gasteiger partial charge in [-0.2, -0.15) is 11.8 Å². The number of rotatable bonds is 16. The zero-order valence-electron chi connectivity index (χ0n) is 31.7. The third kappa shape index (κ3) is 11.3. The summed E-state index contributed by atoms with van der Waals surface area (Å²) in [5, 5.41) is 2.47. The largest absolute Gasteiger partial charge is 0.468 e. The fraction of sp³-hybridized carbons (Fsp3) is 0.641. The fourth-order valence-corrected chi connectivity index (χ4v) is 10.8. The van der Waals surface area contributed by atoms with Crippen molar-refractivity contribution in [1.29, 1.82) is 0 Å². The van der Waals surface area contributed by atoms with E-state index in [1.165, 1.54) is 23.4 Å². The van der Waals surface area contributed by atoms with Crippen molar-refractivity contribution in [3.63, 3.8) is 0 Å². The van der Waals surface area contributed by atoms with Crippen LogP contribution in [0.25, 0.3) is 10.8 Å². The van der Waals surface area contributed by atoms with E-state index in [4.69, 9.17) is 13.6 Å². The summed E-state index contributed by atoms with van der Waals surface area (Å²) in [6.45, 7) is 25.1. The van der Waals surface area contributed by atoms with Gasteiger partial charge in [0.15, 0.2) is 16.6 Å². The average molecular weight is 731 g/mol. The maximum absolute atomic E-state index is 13.7. The summed E-state index contributed by atoms with van der Waals surface area (Å²) in [5.41, 5.74) is 0.808. The third-order valence-electron chi connectivity index (χ3n) is 10.6. The lowest BCUT2D eigenvalue weighted by Gasteiger charge is -2.43. The number of carbonyl (C=O) groups is 2. The Bertz CT molecular complexity index is 1410. The van der Waals surface area contributed by atoms with Crippen LogP contribution in [0.5, 0.6) is 0 Å². The molecule has 5 nitrogen and oxygen atoms in total. The molecule has 268 valence electrons. The first-order chi connectivity index (χ1) is 22.2. The van der Waals surface area contributed by atoms with E-state index in [-0.39, 0.29) is 39.1 Å². The van der Waals surface area contributed by atoms with Crippen LogP contribution in [0.3, 0.4) is 0 Å². The van der Waals surface area contributed by atoms with E-state index >= 15 is 0 Å². The summed E-state index contributed by atoms with van der Waals surface area (Å²) in [6.07, 6.45) is 7.57. The number of methoxy groups -OCH3 is 1. The molecule has 0 bridgehead atoms. The Kier molecular flexibility index (Phi) is 14.3. The van der Waals surface area contributed by atoms with Crippen molar-refractivity contribution in [2.24, 2.45) is 5.92 Å². The van der Waals surface area contributed by atoms with Crippen LogP contribution in [0.15, 0.2) is 54.6 Å². The molecule has 2 aromatic rings. The third-order valence-corrected chi connectivity index (χ3v) is 22.2. The lowest BCUT2D eigenvalue weighted by Crippen LogP contribution is -2.48. The van der Waals surface area contributed by atoms with Crippen LogP contribution in [-0.2, 0) is 29.6 Å². The minimum Gasteiger partial charge on any atom is -0.468 e. The van der Waals surface area contributed by atoms with Gasteiger partial charge in [0.1, 0.15) is 5.78 Å². The molecule has 0 aliphatic heterocycles. The molecule has 0 radical (unpaired) electrons. The van der Waals surface area contributed by atoms with E-state index in [0.717, 1.165) is 30.8 Å². The van der Waals surface area contributed by atoms with E-state index in [2.05, 4.69) is 129 Å². The van der Waals surface area contributed by atoms with Crippen molar-refractivity contribution in [2.75, 3.05) is 24.4 Å². The quantitative estimate of drug-likeness (QED) is 0.0737. The summed E-state index contributed by atoms with van der Waals surface area (Å²) in [7, 11) is -2.84. The van der Waals surface area contributed by atoms with Gasteiger partial charge in [-0.1, -0.05) is 96.2 Å². The van der Waals surface area contributed by atoms with Gasteiger partial charge in [0, 0.05) is 12.3 Å². The van der Waals surface area contributed by atoms with Gasteiger partial charge in [-0.3, -0.25) is 9.59 Å². The molecule has 4 atom stereocenters. The molecular formula is C39H62O5S2Si2. The Morgan fingerprint density at radius 3 is 2.19 bits per heavy atom. The molecule has 3 rings (SSSR count). The van der Waals surface area contributed by atoms with Crippen LogP contribution in [-0.4, -0.2) is 69.7 Å². The van der Waals surface area contributed by atoms with Gasteiger partial charge in [-0.15, -0.1) is 11.8 Å². The number of hydrogen-bond donors (Lipinski definition) is 0. The van der Waals surface area contributed by atoms with Crippen LogP contribution in [0.1, 0.15) is 73.3 Å². The van der Waals surface area contributed by atoms with Crippen molar-refractivity contribution in [3.05, 3.63) is 60.2 Å². The molecule has 1 unspecified atom stereocenters. The van der Waals surface area contributed by atoms with Crippen LogP contribution in [0, 0.1) is 5.92 Å². The lowest BCUT2D eigenvalue weighted by molar-refractivity contribution is -0.137. The average Bonchev–Trinajstić information content (AvgIpc) is 3.27. The number of ketones is 1. The number of esters is 1. The van der Waals surface area contributed by atoms with Crippen LogP contribution < -0.4 is 0 Å². The number of hydrogen-bond acceptors (Lipinski definition) is 7. The van der Waals surface area contributed by atoms with E-state index < -0.39 is 22.2 Å². The zero-order valence-corrected chi connectivity index (χ0v) is 35.4. The van der Waals surface area contributed by atoms with Crippen molar-refractivity contribution in [2.45, 2.75) is 127 Å². The van der Waals surface area contributed by atoms with Crippen LogP contribution in [0.4, 0.5) is 0 Å².